The van der Waals surface area contributed by atoms with E-state index >= 15 is 0 Å². The van der Waals surface area contributed by atoms with Crippen molar-refractivity contribution in [3.8, 4) is 5.75 Å². The third kappa shape index (κ3) is 3.73. The van der Waals surface area contributed by atoms with Gasteiger partial charge in [0, 0.05) is 18.3 Å². The second kappa shape index (κ2) is 7.30. The molecular weight excluding hydrogens is 270 g/mol. The largest absolute Gasteiger partial charge is 0.494 e. The van der Waals surface area contributed by atoms with E-state index in [-0.39, 0.29) is 11.3 Å². The van der Waals surface area contributed by atoms with Crippen LogP contribution in [-0.4, -0.2) is 11.6 Å². The SMILES string of the molecule is CCCOc1cccc(C(Cl)C(C)c2ccncc2)c1. The van der Waals surface area contributed by atoms with Crippen molar-refractivity contribution in [1.29, 1.82) is 0 Å². The zero-order valence-corrected chi connectivity index (χ0v) is 12.7. The third-order valence-electron chi connectivity index (χ3n) is 3.32. The van der Waals surface area contributed by atoms with Crippen molar-refractivity contribution in [2.24, 2.45) is 0 Å². The Bertz CT molecular complexity index is 530. The summed E-state index contributed by atoms with van der Waals surface area (Å²) in [6.07, 6.45) is 4.61. The number of ether oxygens (including phenoxy) is 1. The Morgan fingerprint density at radius 1 is 1.15 bits per heavy atom. The van der Waals surface area contributed by atoms with E-state index in [1.165, 1.54) is 5.56 Å². The number of alkyl halides is 1. The first-order chi connectivity index (χ1) is 9.72. The summed E-state index contributed by atoms with van der Waals surface area (Å²) in [6, 6.07) is 12.1. The number of benzene rings is 1. The molecule has 0 N–H and O–H groups in total. The van der Waals surface area contributed by atoms with Crippen molar-refractivity contribution < 1.29 is 4.74 Å². The van der Waals surface area contributed by atoms with Crippen LogP contribution < -0.4 is 4.74 Å². The lowest BCUT2D eigenvalue weighted by Gasteiger charge is -2.19. The van der Waals surface area contributed by atoms with Gasteiger partial charge in [-0.2, -0.15) is 0 Å². The van der Waals surface area contributed by atoms with Crippen molar-refractivity contribution in [3.63, 3.8) is 0 Å². The summed E-state index contributed by atoms with van der Waals surface area (Å²) in [5, 5.41) is -0.0809. The van der Waals surface area contributed by atoms with Crippen molar-refractivity contribution in [2.45, 2.75) is 31.6 Å². The lowest BCUT2D eigenvalue weighted by molar-refractivity contribution is 0.317. The summed E-state index contributed by atoms with van der Waals surface area (Å²) in [4.78, 5) is 4.04. The van der Waals surface area contributed by atoms with Crippen LogP contribution in [0.3, 0.4) is 0 Å². The Labute approximate surface area is 125 Å². The number of hydrogen-bond acceptors (Lipinski definition) is 2. The van der Waals surface area contributed by atoms with Gasteiger partial charge < -0.3 is 4.74 Å². The Morgan fingerprint density at radius 2 is 1.90 bits per heavy atom. The highest BCUT2D eigenvalue weighted by Gasteiger charge is 2.18. The summed E-state index contributed by atoms with van der Waals surface area (Å²) in [7, 11) is 0. The summed E-state index contributed by atoms with van der Waals surface area (Å²) < 4.78 is 5.66. The van der Waals surface area contributed by atoms with Crippen LogP contribution in [-0.2, 0) is 0 Å². The molecule has 106 valence electrons. The lowest BCUT2D eigenvalue weighted by atomic mass is 9.94. The minimum atomic E-state index is -0.0809. The first-order valence-corrected chi connectivity index (χ1v) is 7.42. The third-order valence-corrected chi connectivity index (χ3v) is 3.95. The van der Waals surface area contributed by atoms with Crippen molar-refractivity contribution in [1.82, 2.24) is 4.98 Å². The average Bonchev–Trinajstić information content (AvgIpc) is 2.52. The second-order valence-electron chi connectivity index (χ2n) is 4.89. The molecule has 1 heterocycles. The molecule has 1 aromatic carbocycles. The second-order valence-corrected chi connectivity index (χ2v) is 5.36. The molecule has 2 nitrogen and oxygen atoms in total. The van der Waals surface area contributed by atoms with Crippen molar-refractivity contribution in [2.75, 3.05) is 6.61 Å². The molecular formula is C17H20ClNO. The molecule has 0 saturated carbocycles. The molecule has 0 radical (unpaired) electrons. The number of hydrogen-bond donors (Lipinski definition) is 0. The maximum Gasteiger partial charge on any atom is 0.119 e. The zero-order chi connectivity index (χ0) is 14.4. The molecule has 0 amide bonds. The van der Waals surface area contributed by atoms with Gasteiger partial charge in [0.1, 0.15) is 5.75 Å². The first-order valence-electron chi connectivity index (χ1n) is 6.99. The molecule has 3 heteroatoms. The highest BCUT2D eigenvalue weighted by atomic mass is 35.5. The fourth-order valence-corrected chi connectivity index (χ4v) is 2.40. The molecule has 0 bridgehead atoms. The smallest absolute Gasteiger partial charge is 0.119 e. The Balaban J connectivity index is 2.14. The van der Waals surface area contributed by atoms with E-state index in [1.54, 1.807) is 12.4 Å². The number of aromatic nitrogens is 1. The lowest BCUT2D eigenvalue weighted by Crippen LogP contribution is -2.03. The molecule has 2 rings (SSSR count). The monoisotopic (exact) mass is 289 g/mol. The first kappa shape index (κ1) is 14.9. The van der Waals surface area contributed by atoms with Gasteiger partial charge in [-0.25, -0.2) is 0 Å². The van der Waals surface area contributed by atoms with Gasteiger partial charge in [-0.3, -0.25) is 4.98 Å². The fourth-order valence-electron chi connectivity index (χ4n) is 2.12. The molecule has 1 aromatic heterocycles. The number of pyridine rings is 1. The van der Waals surface area contributed by atoms with Gasteiger partial charge in [0.05, 0.1) is 12.0 Å². The van der Waals surface area contributed by atoms with E-state index in [0.717, 1.165) is 24.3 Å². The molecule has 2 aromatic rings. The number of halogens is 1. The highest BCUT2D eigenvalue weighted by Crippen LogP contribution is 2.36. The summed E-state index contributed by atoms with van der Waals surface area (Å²) >= 11 is 6.62. The van der Waals surface area contributed by atoms with Gasteiger partial charge in [0.15, 0.2) is 0 Å². The van der Waals surface area contributed by atoms with Crippen LogP contribution in [0.1, 0.15) is 42.7 Å². The predicted octanol–water partition coefficient (Wildman–Crippen LogP) is 4.95. The molecule has 2 atom stereocenters. The normalized spacial score (nSPS) is 13.8. The topological polar surface area (TPSA) is 22.1 Å². The Morgan fingerprint density at radius 3 is 2.60 bits per heavy atom. The van der Waals surface area contributed by atoms with E-state index in [1.807, 2.05) is 36.4 Å². The van der Waals surface area contributed by atoms with Crippen LogP contribution in [0.4, 0.5) is 0 Å². The molecule has 0 aliphatic rings. The maximum atomic E-state index is 6.62. The summed E-state index contributed by atoms with van der Waals surface area (Å²) in [5.74, 6) is 1.11. The summed E-state index contributed by atoms with van der Waals surface area (Å²) in [6.45, 7) is 4.96. The number of nitrogens with zero attached hydrogens (tertiary/aromatic N) is 1. The molecule has 2 unspecified atom stereocenters. The zero-order valence-electron chi connectivity index (χ0n) is 11.9. The maximum absolute atomic E-state index is 6.62. The molecule has 20 heavy (non-hydrogen) atoms. The summed E-state index contributed by atoms with van der Waals surface area (Å²) in [5.41, 5.74) is 2.28. The fraction of sp³-hybridized carbons (Fsp3) is 0.353. The van der Waals surface area contributed by atoms with Gasteiger partial charge in [-0.1, -0.05) is 26.0 Å². The predicted molar refractivity (Wildman–Crippen MR) is 83.5 cm³/mol. The van der Waals surface area contributed by atoms with Gasteiger partial charge in [-0.15, -0.1) is 11.6 Å². The Kier molecular flexibility index (Phi) is 5.42. The Hall–Kier alpha value is -1.54. The van der Waals surface area contributed by atoms with E-state index in [0.29, 0.717) is 0 Å². The van der Waals surface area contributed by atoms with Crippen LogP contribution in [0, 0.1) is 0 Å². The van der Waals surface area contributed by atoms with E-state index in [9.17, 15) is 0 Å². The van der Waals surface area contributed by atoms with Crippen molar-refractivity contribution >= 4 is 11.6 Å². The van der Waals surface area contributed by atoms with Crippen molar-refractivity contribution in [3.05, 3.63) is 59.9 Å². The minimum absolute atomic E-state index is 0.0809. The number of rotatable bonds is 6. The molecule has 0 saturated heterocycles. The van der Waals surface area contributed by atoms with E-state index < -0.39 is 0 Å². The molecule has 0 aliphatic heterocycles. The van der Waals surface area contributed by atoms with Crippen LogP contribution in [0.2, 0.25) is 0 Å². The minimum Gasteiger partial charge on any atom is -0.494 e. The van der Waals surface area contributed by atoms with Crippen LogP contribution in [0.5, 0.6) is 5.75 Å². The molecule has 0 fully saturated rings. The van der Waals surface area contributed by atoms with E-state index in [4.69, 9.17) is 16.3 Å². The molecule has 0 aliphatic carbocycles. The highest BCUT2D eigenvalue weighted by molar-refractivity contribution is 6.21. The quantitative estimate of drug-likeness (QED) is 0.702. The van der Waals surface area contributed by atoms with Gasteiger partial charge in [0.25, 0.3) is 0 Å². The van der Waals surface area contributed by atoms with Crippen LogP contribution >= 0.6 is 11.6 Å². The van der Waals surface area contributed by atoms with Crippen LogP contribution in [0.15, 0.2) is 48.8 Å². The van der Waals surface area contributed by atoms with Crippen LogP contribution in [0.25, 0.3) is 0 Å². The average molecular weight is 290 g/mol. The van der Waals surface area contributed by atoms with Gasteiger partial charge >= 0.3 is 0 Å². The van der Waals surface area contributed by atoms with Gasteiger partial charge in [0.2, 0.25) is 0 Å². The molecule has 0 spiro atoms. The van der Waals surface area contributed by atoms with E-state index in [2.05, 4.69) is 18.8 Å². The standard InChI is InChI=1S/C17H20ClNO/c1-3-11-20-16-6-4-5-15(12-16)17(18)13(2)14-7-9-19-10-8-14/h4-10,12-13,17H,3,11H2,1-2H3. The van der Waals surface area contributed by atoms with Gasteiger partial charge in [-0.05, 0) is 41.8 Å².